The fourth-order valence-electron chi connectivity index (χ4n) is 4.02. The summed E-state index contributed by atoms with van der Waals surface area (Å²) in [5.41, 5.74) is 5.08. The third-order valence-corrected chi connectivity index (χ3v) is 5.42. The Morgan fingerprint density at radius 1 is 0.923 bits per heavy atom. The lowest BCUT2D eigenvalue weighted by atomic mass is 10.1. The Morgan fingerprint density at radius 3 is 2.46 bits per heavy atom. The van der Waals surface area contributed by atoms with Gasteiger partial charge in [-0.2, -0.15) is 5.11 Å². The monoisotopic (exact) mass is 346 g/mol. The Hall–Kier alpha value is -3.02. The van der Waals surface area contributed by atoms with Gasteiger partial charge in [-0.25, -0.2) is 9.91 Å². The van der Waals surface area contributed by atoms with Gasteiger partial charge >= 0.3 is 0 Å². The molecule has 2 aromatic carbocycles. The minimum atomic E-state index is -0.767. The second kappa shape index (κ2) is 5.49. The van der Waals surface area contributed by atoms with Crippen LogP contribution in [0, 0.1) is 6.92 Å². The summed E-state index contributed by atoms with van der Waals surface area (Å²) in [6, 6.07) is 12.1. The van der Waals surface area contributed by atoms with Crippen molar-refractivity contribution in [2.45, 2.75) is 38.3 Å². The first-order valence-corrected chi connectivity index (χ1v) is 8.90. The molecule has 2 aliphatic heterocycles. The Kier molecular flexibility index (Phi) is 3.22. The predicted octanol–water partition coefficient (Wildman–Crippen LogP) is 2.98. The highest BCUT2D eigenvalue weighted by molar-refractivity contribution is 6.26. The van der Waals surface area contributed by atoms with Gasteiger partial charge in [-0.3, -0.25) is 9.59 Å². The second-order valence-corrected chi connectivity index (χ2v) is 7.09. The number of fused-ring (bicyclic) bond motifs is 2. The van der Waals surface area contributed by atoms with Crippen molar-refractivity contribution < 1.29 is 9.59 Å². The molecule has 0 saturated carbocycles. The van der Waals surface area contributed by atoms with Crippen LogP contribution in [0.1, 0.15) is 23.1 Å². The van der Waals surface area contributed by atoms with E-state index in [1.165, 1.54) is 16.0 Å². The summed E-state index contributed by atoms with van der Waals surface area (Å²) in [5, 5.41) is 9.76. The molecule has 0 aromatic heterocycles. The maximum absolute atomic E-state index is 13.1. The van der Waals surface area contributed by atoms with Gasteiger partial charge in [0.05, 0.1) is 11.4 Å². The zero-order valence-electron chi connectivity index (χ0n) is 14.4. The van der Waals surface area contributed by atoms with Crippen LogP contribution in [0.2, 0.25) is 0 Å². The summed E-state index contributed by atoms with van der Waals surface area (Å²) in [5.74, 6) is -0.556. The molecule has 0 spiro atoms. The van der Waals surface area contributed by atoms with E-state index in [1.807, 2.05) is 49.4 Å². The molecule has 1 fully saturated rings. The summed E-state index contributed by atoms with van der Waals surface area (Å²) in [6.45, 7) is 2.00. The molecule has 1 saturated heterocycles. The van der Waals surface area contributed by atoms with Crippen LogP contribution in [0.5, 0.6) is 0 Å². The Labute approximate surface area is 151 Å². The molecule has 2 heterocycles. The highest BCUT2D eigenvalue weighted by atomic mass is 16.2. The number of benzene rings is 2. The van der Waals surface area contributed by atoms with Crippen molar-refractivity contribution in [3.05, 3.63) is 59.2 Å². The highest BCUT2D eigenvalue weighted by Crippen LogP contribution is 2.36. The molecule has 0 N–H and O–H groups in total. The largest absolute Gasteiger partial charge is 0.271 e. The van der Waals surface area contributed by atoms with Crippen LogP contribution < -0.4 is 9.91 Å². The molecular weight excluding hydrogens is 328 g/mol. The minimum absolute atomic E-state index is 0.261. The maximum Gasteiger partial charge on any atom is 0.263 e. The maximum atomic E-state index is 13.1. The van der Waals surface area contributed by atoms with Gasteiger partial charge in [-0.15, -0.1) is 0 Å². The molecule has 6 heteroatoms. The van der Waals surface area contributed by atoms with Crippen LogP contribution >= 0.6 is 0 Å². The van der Waals surface area contributed by atoms with Gasteiger partial charge in [0.2, 0.25) is 0 Å². The molecule has 2 aromatic rings. The van der Waals surface area contributed by atoms with Crippen molar-refractivity contribution >= 4 is 23.2 Å². The van der Waals surface area contributed by atoms with Gasteiger partial charge in [0.1, 0.15) is 0 Å². The van der Waals surface area contributed by atoms with Crippen molar-refractivity contribution in [2.24, 2.45) is 10.3 Å². The first-order valence-electron chi connectivity index (χ1n) is 8.90. The number of amides is 2. The number of anilines is 2. The average molecular weight is 346 g/mol. The molecule has 0 bridgehead atoms. The molecule has 5 rings (SSSR count). The van der Waals surface area contributed by atoms with Gasteiger partial charge < -0.3 is 0 Å². The standard InChI is InChI=1S/C20H18N4O2/c1-12-5-8-15(9-6-12)24-18-17(21-22-24)19(25)23(20(18)26)16-10-7-13-3-2-4-14(13)11-16/h5-11,17-18H,2-4H2,1H3/t17-,18+/m1/s1. The van der Waals surface area contributed by atoms with Gasteiger partial charge in [0.15, 0.2) is 12.1 Å². The zero-order valence-corrected chi connectivity index (χ0v) is 14.4. The van der Waals surface area contributed by atoms with E-state index >= 15 is 0 Å². The van der Waals surface area contributed by atoms with Crippen LogP contribution in [0.4, 0.5) is 11.4 Å². The SMILES string of the molecule is Cc1ccc(N2N=N[C@H]3C(=O)N(c4ccc5c(c4)CCC5)C(=O)[C@H]32)cc1. The van der Waals surface area contributed by atoms with Gasteiger partial charge in [0, 0.05) is 0 Å². The molecule has 2 atom stereocenters. The van der Waals surface area contributed by atoms with Crippen LogP contribution in [0.15, 0.2) is 52.8 Å². The van der Waals surface area contributed by atoms with Crippen LogP contribution in [0.25, 0.3) is 0 Å². The molecule has 26 heavy (non-hydrogen) atoms. The summed E-state index contributed by atoms with van der Waals surface area (Å²) >= 11 is 0. The van der Waals surface area contributed by atoms with E-state index < -0.39 is 12.1 Å². The van der Waals surface area contributed by atoms with Crippen LogP contribution in [-0.4, -0.2) is 23.9 Å². The van der Waals surface area contributed by atoms with Gasteiger partial charge in [-0.1, -0.05) is 29.0 Å². The Balaban J connectivity index is 1.50. The lowest BCUT2D eigenvalue weighted by Gasteiger charge is -2.21. The third-order valence-electron chi connectivity index (χ3n) is 5.42. The average Bonchev–Trinajstić information content (AvgIpc) is 3.33. The first kappa shape index (κ1) is 15.3. The molecule has 2 amide bonds. The number of carbonyl (C=O) groups is 2. The van der Waals surface area contributed by atoms with E-state index in [9.17, 15) is 9.59 Å². The van der Waals surface area contributed by atoms with Crippen molar-refractivity contribution in [1.29, 1.82) is 0 Å². The van der Waals surface area contributed by atoms with E-state index in [0.29, 0.717) is 5.69 Å². The van der Waals surface area contributed by atoms with E-state index in [-0.39, 0.29) is 11.8 Å². The molecule has 3 aliphatic rings. The molecule has 0 unspecified atom stereocenters. The first-order chi connectivity index (χ1) is 12.6. The van der Waals surface area contributed by atoms with Crippen molar-refractivity contribution in [3.63, 3.8) is 0 Å². The Morgan fingerprint density at radius 2 is 1.65 bits per heavy atom. The minimum Gasteiger partial charge on any atom is -0.271 e. The van der Waals surface area contributed by atoms with Gasteiger partial charge in [0.25, 0.3) is 11.8 Å². The van der Waals surface area contributed by atoms with E-state index in [0.717, 1.165) is 30.5 Å². The summed E-state index contributed by atoms with van der Waals surface area (Å²) < 4.78 is 0. The number of carbonyl (C=O) groups excluding carboxylic acids is 2. The number of rotatable bonds is 2. The predicted molar refractivity (Wildman–Crippen MR) is 97.1 cm³/mol. The fraction of sp³-hybridized carbons (Fsp3) is 0.300. The molecule has 1 aliphatic carbocycles. The molecule has 6 nitrogen and oxygen atoms in total. The van der Waals surface area contributed by atoms with E-state index in [1.54, 1.807) is 5.01 Å². The third kappa shape index (κ3) is 2.11. The molecular formula is C20H18N4O2. The van der Waals surface area contributed by atoms with Crippen molar-refractivity contribution in [2.75, 3.05) is 9.91 Å². The highest BCUT2D eigenvalue weighted by Gasteiger charge is 2.55. The van der Waals surface area contributed by atoms with Crippen molar-refractivity contribution in [1.82, 2.24) is 0 Å². The number of aryl methyl sites for hydroxylation is 3. The van der Waals surface area contributed by atoms with E-state index in [2.05, 4.69) is 10.3 Å². The summed E-state index contributed by atoms with van der Waals surface area (Å²) in [7, 11) is 0. The smallest absolute Gasteiger partial charge is 0.263 e. The second-order valence-electron chi connectivity index (χ2n) is 7.09. The van der Waals surface area contributed by atoms with Crippen molar-refractivity contribution in [3.8, 4) is 0 Å². The van der Waals surface area contributed by atoms with Gasteiger partial charge in [-0.05, 0) is 61.6 Å². The van der Waals surface area contributed by atoms with Crippen LogP contribution in [0.3, 0.4) is 0 Å². The quantitative estimate of drug-likeness (QED) is 0.785. The summed E-state index contributed by atoms with van der Waals surface area (Å²) in [6.07, 6.45) is 3.20. The normalized spacial score (nSPS) is 23.7. The van der Waals surface area contributed by atoms with E-state index in [4.69, 9.17) is 0 Å². The Bertz CT molecular complexity index is 951. The summed E-state index contributed by atoms with van der Waals surface area (Å²) in [4.78, 5) is 27.2. The number of nitrogens with zero attached hydrogens (tertiary/aromatic N) is 4. The molecule has 0 radical (unpaired) electrons. The molecule has 130 valence electrons. The number of hydrogen-bond acceptors (Lipinski definition) is 5. The number of hydrogen-bond donors (Lipinski definition) is 0. The fourth-order valence-corrected chi connectivity index (χ4v) is 4.02. The number of imide groups is 1. The van der Waals surface area contributed by atoms with Crippen LogP contribution in [-0.2, 0) is 22.4 Å². The topological polar surface area (TPSA) is 65.3 Å². The lowest BCUT2D eigenvalue weighted by molar-refractivity contribution is -0.121. The zero-order chi connectivity index (χ0) is 17.8. The lowest BCUT2D eigenvalue weighted by Crippen LogP contribution is -2.39.